The molecule has 0 radical (unpaired) electrons. The molecule has 49 heavy (non-hydrogen) atoms. The first kappa shape index (κ1) is 46.8. The van der Waals surface area contributed by atoms with E-state index in [2.05, 4.69) is 26.8 Å². The molecule has 0 spiro atoms. The highest BCUT2D eigenvalue weighted by atomic mass is 16.6. The molecule has 0 aliphatic heterocycles. The van der Waals surface area contributed by atoms with Gasteiger partial charge in [0.05, 0.1) is 6.10 Å². The van der Waals surface area contributed by atoms with Gasteiger partial charge in [0.25, 0.3) is 0 Å². The van der Waals surface area contributed by atoms with Crippen molar-refractivity contribution in [2.75, 3.05) is 13.2 Å². The molecule has 0 bridgehead atoms. The van der Waals surface area contributed by atoms with Crippen molar-refractivity contribution in [1.82, 2.24) is 0 Å². The molecule has 0 aromatic heterocycles. The number of allylic oxidation sites excluding steroid dienone is 6. The maximum absolute atomic E-state index is 12.0. The van der Waals surface area contributed by atoms with Gasteiger partial charge in [-0.25, -0.2) is 0 Å². The minimum absolute atomic E-state index is 0.149. The summed E-state index contributed by atoms with van der Waals surface area (Å²) in [7, 11) is 0. The lowest BCUT2D eigenvalue weighted by Crippen LogP contribution is -2.25. The Morgan fingerprint density at radius 3 is 1.65 bits per heavy atom. The Balaban J connectivity index is 3.58. The summed E-state index contributed by atoms with van der Waals surface area (Å²) < 4.78 is 10.3. The van der Waals surface area contributed by atoms with E-state index in [1.807, 2.05) is 42.5 Å². The monoisotopic (exact) mass is 689 g/mol. The first-order chi connectivity index (χ1) is 23.8. The fraction of sp³-hybridized carbons (Fsp3) is 0.767. The molecule has 0 aliphatic rings. The topological polar surface area (TPSA) is 93.1 Å². The third-order valence-corrected chi connectivity index (χ3v) is 8.58. The first-order valence-corrected chi connectivity index (χ1v) is 20.2. The Morgan fingerprint density at radius 2 is 1.08 bits per heavy atom. The van der Waals surface area contributed by atoms with Gasteiger partial charge in [-0.2, -0.15) is 0 Å². The van der Waals surface area contributed by atoms with Gasteiger partial charge in [-0.05, 0) is 50.9 Å². The number of rotatable bonds is 35. The summed E-state index contributed by atoms with van der Waals surface area (Å²) in [5.41, 5.74) is 0. The molecular formula is C43H76O6. The van der Waals surface area contributed by atoms with Gasteiger partial charge in [0.1, 0.15) is 19.3 Å². The van der Waals surface area contributed by atoms with Crippen molar-refractivity contribution in [2.24, 2.45) is 5.92 Å². The van der Waals surface area contributed by atoms with Crippen LogP contribution in [-0.4, -0.2) is 47.6 Å². The molecule has 6 heteroatoms. The van der Waals surface area contributed by atoms with E-state index < -0.39 is 12.2 Å². The minimum Gasteiger partial charge on any atom is -0.463 e. The summed E-state index contributed by atoms with van der Waals surface area (Å²) in [5, 5.41) is 20.0. The first-order valence-electron chi connectivity index (χ1n) is 20.2. The number of hydrogen-bond acceptors (Lipinski definition) is 6. The second kappa shape index (κ2) is 37.1. The maximum Gasteiger partial charge on any atom is 0.305 e. The van der Waals surface area contributed by atoms with Gasteiger partial charge in [0, 0.05) is 12.8 Å². The molecule has 0 aromatic carbocycles. The SMILES string of the molecule is CCCCC/C=C\C=C/[C@@H](O)C/C=C\C/C=C/CCCC(=O)OC[C@H](O)COC(=O)CCCCCCCCCCCCCCCCC(C)C. The van der Waals surface area contributed by atoms with Gasteiger partial charge < -0.3 is 19.7 Å². The number of ether oxygens (including phenoxy) is 2. The standard InChI is InChI=1S/C43H76O6/c1-4-5-6-7-17-23-28-33-40(44)34-29-24-19-16-21-26-31-36-43(47)49-38-41(45)37-48-42(46)35-30-25-20-15-13-11-9-8-10-12-14-18-22-27-32-39(2)3/h16-17,21,23-24,28-29,33,39-41,44-45H,4-15,18-20,22,25-27,30-32,34-38H2,1-3H3/b21-16+,23-17-,29-24-,33-28-/t40-,41-/m1/s1. The van der Waals surface area contributed by atoms with E-state index in [9.17, 15) is 19.8 Å². The molecule has 0 saturated heterocycles. The van der Waals surface area contributed by atoms with Crippen LogP contribution in [0, 0.1) is 5.92 Å². The fourth-order valence-electron chi connectivity index (χ4n) is 5.46. The maximum atomic E-state index is 12.0. The van der Waals surface area contributed by atoms with Crippen LogP contribution in [-0.2, 0) is 19.1 Å². The Bertz CT molecular complexity index is 858. The van der Waals surface area contributed by atoms with Crippen LogP contribution in [0.25, 0.3) is 0 Å². The zero-order valence-corrected chi connectivity index (χ0v) is 32.0. The summed E-state index contributed by atoms with van der Waals surface area (Å²) in [6, 6.07) is 0. The molecule has 0 amide bonds. The molecule has 0 aromatic rings. The summed E-state index contributed by atoms with van der Waals surface area (Å²) in [6.45, 7) is 6.50. The molecule has 0 rings (SSSR count). The average molecular weight is 689 g/mol. The lowest BCUT2D eigenvalue weighted by atomic mass is 10.0. The van der Waals surface area contributed by atoms with Crippen LogP contribution >= 0.6 is 0 Å². The summed E-state index contributed by atoms with van der Waals surface area (Å²) in [4.78, 5) is 23.9. The summed E-state index contributed by atoms with van der Waals surface area (Å²) >= 11 is 0. The van der Waals surface area contributed by atoms with E-state index in [0.717, 1.165) is 44.4 Å². The van der Waals surface area contributed by atoms with Crippen molar-refractivity contribution >= 4 is 11.9 Å². The normalized spacial score (nSPS) is 13.4. The average Bonchev–Trinajstić information content (AvgIpc) is 3.08. The number of unbranched alkanes of at least 4 members (excludes halogenated alkanes) is 17. The van der Waals surface area contributed by atoms with E-state index >= 15 is 0 Å². The molecular weight excluding hydrogens is 612 g/mol. The van der Waals surface area contributed by atoms with Crippen LogP contribution in [0.2, 0.25) is 0 Å². The van der Waals surface area contributed by atoms with E-state index in [4.69, 9.17) is 9.47 Å². The third-order valence-electron chi connectivity index (χ3n) is 8.58. The van der Waals surface area contributed by atoms with Crippen LogP contribution < -0.4 is 0 Å². The second-order valence-corrected chi connectivity index (χ2v) is 14.1. The smallest absolute Gasteiger partial charge is 0.305 e. The van der Waals surface area contributed by atoms with Crippen molar-refractivity contribution < 1.29 is 29.3 Å². The molecule has 0 heterocycles. The van der Waals surface area contributed by atoms with E-state index in [-0.39, 0.29) is 31.6 Å². The number of hydrogen-bond donors (Lipinski definition) is 2. The molecule has 0 unspecified atom stereocenters. The number of carbonyl (C=O) groups excluding carboxylic acids is 2. The van der Waals surface area contributed by atoms with Crippen molar-refractivity contribution in [3.63, 3.8) is 0 Å². The van der Waals surface area contributed by atoms with Gasteiger partial charge >= 0.3 is 11.9 Å². The van der Waals surface area contributed by atoms with E-state index in [1.165, 1.54) is 96.3 Å². The molecule has 0 aliphatic carbocycles. The molecule has 2 N–H and O–H groups in total. The van der Waals surface area contributed by atoms with Gasteiger partial charge in [-0.3, -0.25) is 9.59 Å². The lowest BCUT2D eigenvalue weighted by molar-refractivity contribution is -0.152. The molecule has 284 valence electrons. The summed E-state index contributed by atoms with van der Waals surface area (Å²) in [6.07, 6.45) is 42.0. The van der Waals surface area contributed by atoms with Crippen LogP contribution in [0.5, 0.6) is 0 Å². The second-order valence-electron chi connectivity index (χ2n) is 14.1. The largest absolute Gasteiger partial charge is 0.463 e. The van der Waals surface area contributed by atoms with Crippen molar-refractivity contribution in [3.05, 3.63) is 48.6 Å². The van der Waals surface area contributed by atoms with Crippen LogP contribution in [0.4, 0.5) is 0 Å². The highest BCUT2D eigenvalue weighted by molar-refractivity contribution is 5.69. The molecule has 0 saturated carbocycles. The predicted molar refractivity (Wildman–Crippen MR) is 206 cm³/mol. The van der Waals surface area contributed by atoms with Crippen molar-refractivity contribution in [1.29, 1.82) is 0 Å². The minimum atomic E-state index is -1.00. The Morgan fingerprint density at radius 1 is 0.571 bits per heavy atom. The van der Waals surface area contributed by atoms with Crippen molar-refractivity contribution in [2.45, 2.75) is 193 Å². The highest BCUT2D eigenvalue weighted by Gasteiger charge is 2.12. The molecule has 2 atom stereocenters. The van der Waals surface area contributed by atoms with Gasteiger partial charge in [-0.1, -0.05) is 172 Å². The third kappa shape index (κ3) is 38.5. The van der Waals surface area contributed by atoms with Gasteiger partial charge in [-0.15, -0.1) is 0 Å². The Kier molecular flexibility index (Phi) is 35.4. The van der Waals surface area contributed by atoms with E-state index in [0.29, 0.717) is 19.3 Å². The number of esters is 2. The Labute approximate surface area is 301 Å². The lowest BCUT2D eigenvalue weighted by Gasteiger charge is -2.12. The Hall–Kier alpha value is -2.18. The van der Waals surface area contributed by atoms with Crippen LogP contribution in [0.15, 0.2) is 48.6 Å². The van der Waals surface area contributed by atoms with Crippen LogP contribution in [0.3, 0.4) is 0 Å². The van der Waals surface area contributed by atoms with Gasteiger partial charge in [0.15, 0.2) is 0 Å². The zero-order valence-electron chi connectivity index (χ0n) is 32.0. The quantitative estimate of drug-likeness (QED) is 0.0298. The predicted octanol–water partition coefficient (Wildman–Crippen LogP) is 11.4. The zero-order chi connectivity index (χ0) is 36.0. The van der Waals surface area contributed by atoms with E-state index in [1.54, 1.807) is 0 Å². The highest BCUT2D eigenvalue weighted by Crippen LogP contribution is 2.15. The van der Waals surface area contributed by atoms with Crippen LogP contribution in [0.1, 0.15) is 181 Å². The number of aliphatic hydroxyl groups is 2. The van der Waals surface area contributed by atoms with Gasteiger partial charge in [0.2, 0.25) is 0 Å². The molecule has 6 nitrogen and oxygen atoms in total. The number of carbonyl (C=O) groups is 2. The molecule has 0 fully saturated rings. The van der Waals surface area contributed by atoms with Crippen molar-refractivity contribution in [3.8, 4) is 0 Å². The number of aliphatic hydroxyl groups excluding tert-OH is 2. The fourth-order valence-corrected chi connectivity index (χ4v) is 5.46. The summed E-state index contributed by atoms with van der Waals surface area (Å²) in [5.74, 6) is 0.178.